The van der Waals surface area contributed by atoms with E-state index in [2.05, 4.69) is 5.32 Å². The van der Waals surface area contributed by atoms with Crippen LogP contribution in [0.2, 0.25) is 0 Å². The third-order valence-corrected chi connectivity index (χ3v) is 6.34. The zero-order valence-electron chi connectivity index (χ0n) is 14.2. The number of benzene rings is 2. The summed E-state index contributed by atoms with van der Waals surface area (Å²) < 4.78 is 28.3. The summed E-state index contributed by atoms with van der Waals surface area (Å²) >= 11 is 0. The molecule has 1 aliphatic rings. The number of aryl methyl sites for hydroxylation is 3. The molecule has 0 saturated heterocycles. The predicted octanol–water partition coefficient (Wildman–Crippen LogP) is 3.33. The van der Waals surface area contributed by atoms with Crippen LogP contribution in [0, 0.1) is 20.8 Å². The number of anilines is 1. The van der Waals surface area contributed by atoms with Gasteiger partial charge >= 0.3 is 0 Å². The normalized spacial score (nSPS) is 14.5. The molecule has 0 unspecified atom stereocenters. The predicted molar refractivity (Wildman–Crippen MR) is 101 cm³/mol. The van der Waals surface area contributed by atoms with Crippen molar-refractivity contribution in [2.24, 2.45) is 0 Å². The first kappa shape index (κ1) is 18.8. The monoisotopic (exact) mass is 366 g/mol. The standard InChI is InChI=1S/C18H22N2O2S.ClH/c1-13-10-14(2)18(15(3)11-13)23(21,22)20-9-8-19-12-16-6-4-5-7-17(16)20;/h4-7,10-11,19H,8-9,12H2,1-3H3;1H. The molecule has 0 atom stereocenters. The quantitative estimate of drug-likeness (QED) is 0.886. The highest BCUT2D eigenvalue weighted by atomic mass is 35.5. The van der Waals surface area contributed by atoms with Gasteiger partial charge in [-0.25, -0.2) is 8.42 Å². The average Bonchev–Trinajstić information content (AvgIpc) is 2.68. The van der Waals surface area contributed by atoms with Gasteiger partial charge in [-0.2, -0.15) is 0 Å². The minimum absolute atomic E-state index is 0. The number of fused-ring (bicyclic) bond motifs is 1. The van der Waals surface area contributed by atoms with Crippen molar-refractivity contribution in [3.05, 3.63) is 58.7 Å². The largest absolute Gasteiger partial charge is 0.311 e. The molecule has 130 valence electrons. The van der Waals surface area contributed by atoms with Crippen LogP contribution < -0.4 is 9.62 Å². The second-order valence-corrected chi connectivity index (χ2v) is 7.91. The van der Waals surface area contributed by atoms with Crippen LogP contribution in [0.1, 0.15) is 22.3 Å². The number of nitrogens with zero attached hydrogens (tertiary/aromatic N) is 1. The van der Waals surface area contributed by atoms with Crippen LogP contribution in [0.4, 0.5) is 5.69 Å². The van der Waals surface area contributed by atoms with Crippen molar-refractivity contribution in [2.75, 3.05) is 17.4 Å². The fourth-order valence-electron chi connectivity index (χ4n) is 3.36. The number of para-hydroxylation sites is 1. The molecule has 0 radical (unpaired) electrons. The van der Waals surface area contributed by atoms with Crippen LogP contribution in [0.15, 0.2) is 41.3 Å². The summed E-state index contributed by atoms with van der Waals surface area (Å²) in [6.07, 6.45) is 0. The topological polar surface area (TPSA) is 49.4 Å². The maximum Gasteiger partial charge on any atom is 0.264 e. The fourth-order valence-corrected chi connectivity index (χ4v) is 5.28. The van der Waals surface area contributed by atoms with E-state index >= 15 is 0 Å². The van der Waals surface area contributed by atoms with E-state index in [4.69, 9.17) is 0 Å². The van der Waals surface area contributed by atoms with E-state index in [1.54, 1.807) is 4.31 Å². The van der Waals surface area contributed by atoms with Gasteiger partial charge in [-0.3, -0.25) is 4.31 Å². The lowest BCUT2D eigenvalue weighted by Crippen LogP contribution is -2.35. The Balaban J connectivity index is 0.00000208. The van der Waals surface area contributed by atoms with Gasteiger partial charge in [0.15, 0.2) is 0 Å². The number of rotatable bonds is 2. The second kappa shape index (κ2) is 7.13. The first-order valence-corrected chi connectivity index (χ1v) is 9.24. The molecule has 6 heteroatoms. The lowest BCUT2D eigenvalue weighted by molar-refractivity contribution is 0.588. The van der Waals surface area contributed by atoms with Crippen molar-refractivity contribution in [2.45, 2.75) is 32.2 Å². The molecule has 0 saturated carbocycles. The molecule has 0 fully saturated rings. The molecular formula is C18H23ClN2O2S. The van der Waals surface area contributed by atoms with Gasteiger partial charge in [0.25, 0.3) is 10.0 Å². The van der Waals surface area contributed by atoms with E-state index in [1.165, 1.54) is 0 Å². The lowest BCUT2D eigenvalue weighted by Gasteiger charge is -2.26. The summed E-state index contributed by atoms with van der Waals surface area (Å²) in [6, 6.07) is 11.6. The van der Waals surface area contributed by atoms with Crippen molar-refractivity contribution in [1.29, 1.82) is 0 Å². The summed E-state index contributed by atoms with van der Waals surface area (Å²) in [7, 11) is -3.58. The molecule has 3 rings (SSSR count). The molecular weight excluding hydrogens is 344 g/mol. The summed E-state index contributed by atoms with van der Waals surface area (Å²) in [5.74, 6) is 0. The first-order valence-electron chi connectivity index (χ1n) is 7.80. The number of sulfonamides is 1. The number of halogens is 1. The highest BCUT2D eigenvalue weighted by Crippen LogP contribution is 2.31. The van der Waals surface area contributed by atoms with Crippen LogP contribution in [0.3, 0.4) is 0 Å². The Morgan fingerprint density at radius 3 is 2.33 bits per heavy atom. The van der Waals surface area contributed by atoms with Crippen molar-refractivity contribution in [1.82, 2.24) is 5.32 Å². The highest BCUT2D eigenvalue weighted by Gasteiger charge is 2.30. The number of nitrogens with one attached hydrogen (secondary N) is 1. The Hall–Kier alpha value is -1.56. The average molecular weight is 367 g/mol. The number of hydrogen-bond acceptors (Lipinski definition) is 3. The van der Waals surface area contributed by atoms with Crippen LogP contribution in [0.25, 0.3) is 0 Å². The van der Waals surface area contributed by atoms with Gasteiger partial charge in [-0.05, 0) is 43.5 Å². The molecule has 24 heavy (non-hydrogen) atoms. The first-order chi connectivity index (χ1) is 10.9. The Labute approximate surface area is 150 Å². The summed E-state index contributed by atoms with van der Waals surface area (Å²) in [4.78, 5) is 0.430. The van der Waals surface area contributed by atoms with Crippen molar-refractivity contribution < 1.29 is 8.42 Å². The van der Waals surface area contributed by atoms with Gasteiger partial charge in [0.2, 0.25) is 0 Å². The van der Waals surface area contributed by atoms with E-state index in [0.717, 1.165) is 27.9 Å². The Morgan fingerprint density at radius 2 is 1.67 bits per heavy atom. The third kappa shape index (κ3) is 3.29. The molecule has 0 aliphatic carbocycles. The fraction of sp³-hybridized carbons (Fsp3) is 0.333. The van der Waals surface area contributed by atoms with Crippen LogP contribution in [-0.4, -0.2) is 21.5 Å². The SMILES string of the molecule is Cc1cc(C)c(S(=O)(=O)N2CCNCc3ccccc32)c(C)c1.Cl. The van der Waals surface area contributed by atoms with Crippen LogP contribution in [-0.2, 0) is 16.6 Å². The van der Waals surface area contributed by atoms with Crippen molar-refractivity contribution in [3.63, 3.8) is 0 Å². The van der Waals surface area contributed by atoms with E-state index in [9.17, 15) is 8.42 Å². The smallest absolute Gasteiger partial charge is 0.264 e. The van der Waals surface area contributed by atoms with E-state index < -0.39 is 10.0 Å². The van der Waals surface area contributed by atoms with Crippen molar-refractivity contribution in [3.8, 4) is 0 Å². The van der Waals surface area contributed by atoms with Gasteiger partial charge in [-0.15, -0.1) is 12.4 Å². The molecule has 0 amide bonds. The molecule has 4 nitrogen and oxygen atoms in total. The maximum absolute atomic E-state index is 13.4. The molecule has 0 aromatic heterocycles. The maximum atomic E-state index is 13.4. The van der Waals surface area contributed by atoms with E-state index in [-0.39, 0.29) is 12.4 Å². The molecule has 1 N–H and O–H groups in total. The van der Waals surface area contributed by atoms with Gasteiger partial charge < -0.3 is 5.32 Å². The Kier molecular flexibility index (Phi) is 5.58. The lowest BCUT2D eigenvalue weighted by atomic mass is 10.1. The molecule has 2 aromatic carbocycles. The summed E-state index contributed by atoms with van der Waals surface area (Å²) in [5, 5.41) is 3.29. The van der Waals surface area contributed by atoms with E-state index in [1.807, 2.05) is 57.2 Å². The Morgan fingerprint density at radius 1 is 1.04 bits per heavy atom. The van der Waals surface area contributed by atoms with Crippen LogP contribution in [0.5, 0.6) is 0 Å². The van der Waals surface area contributed by atoms with Gasteiger partial charge in [0, 0.05) is 19.6 Å². The number of hydrogen-bond donors (Lipinski definition) is 1. The molecule has 1 heterocycles. The highest BCUT2D eigenvalue weighted by molar-refractivity contribution is 7.93. The van der Waals surface area contributed by atoms with Gasteiger partial charge in [0.1, 0.15) is 0 Å². The zero-order chi connectivity index (χ0) is 16.6. The molecule has 0 bridgehead atoms. The van der Waals surface area contributed by atoms with E-state index in [0.29, 0.717) is 24.5 Å². The van der Waals surface area contributed by atoms with Crippen molar-refractivity contribution >= 4 is 28.1 Å². The summed E-state index contributed by atoms with van der Waals surface area (Å²) in [5.41, 5.74) is 4.47. The minimum atomic E-state index is -3.58. The van der Waals surface area contributed by atoms with Gasteiger partial charge in [-0.1, -0.05) is 35.9 Å². The van der Waals surface area contributed by atoms with Gasteiger partial charge in [0.05, 0.1) is 10.6 Å². The molecule has 2 aromatic rings. The molecule has 0 spiro atoms. The zero-order valence-corrected chi connectivity index (χ0v) is 15.8. The third-order valence-electron chi connectivity index (χ3n) is 4.22. The van der Waals surface area contributed by atoms with Crippen LogP contribution >= 0.6 is 12.4 Å². The minimum Gasteiger partial charge on any atom is -0.311 e. The Bertz CT molecular complexity index is 827. The second-order valence-electron chi connectivity index (χ2n) is 6.11. The molecule has 1 aliphatic heterocycles. The summed E-state index contributed by atoms with van der Waals surface area (Å²) in [6.45, 7) is 7.49.